The van der Waals surface area contributed by atoms with Crippen LogP contribution in [0.1, 0.15) is 24.2 Å². The Labute approximate surface area is 162 Å². The largest absolute Gasteiger partial charge is 0.343 e. The molecular formula is C20H22N4O2S. The van der Waals surface area contributed by atoms with Crippen molar-refractivity contribution >= 4 is 23.2 Å². The van der Waals surface area contributed by atoms with Crippen LogP contribution < -0.4 is 5.32 Å². The molecule has 140 valence electrons. The van der Waals surface area contributed by atoms with E-state index in [1.807, 2.05) is 61.7 Å². The summed E-state index contributed by atoms with van der Waals surface area (Å²) in [5, 5.41) is 9.29. The van der Waals surface area contributed by atoms with Crippen LogP contribution in [0.2, 0.25) is 0 Å². The molecule has 0 saturated carbocycles. The minimum absolute atomic E-state index is 0.0269. The van der Waals surface area contributed by atoms with E-state index in [0.717, 1.165) is 10.6 Å². The van der Waals surface area contributed by atoms with Gasteiger partial charge in [-0.25, -0.2) is 4.68 Å². The molecule has 7 heteroatoms. The van der Waals surface area contributed by atoms with Gasteiger partial charge in [-0.15, -0.1) is 11.3 Å². The summed E-state index contributed by atoms with van der Waals surface area (Å²) >= 11 is 1.52. The summed E-state index contributed by atoms with van der Waals surface area (Å²) < 4.78 is 1.69. The maximum absolute atomic E-state index is 12.8. The molecule has 2 heterocycles. The Bertz CT molecular complexity index is 899. The number of nitrogens with one attached hydrogen (secondary N) is 1. The Balaban J connectivity index is 1.86. The Hall–Kier alpha value is -2.93. The number of likely N-dealkylation sites (N-methyl/N-ethyl adjacent to an activating group) is 1. The van der Waals surface area contributed by atoms with Crippen LogP contribution in [0.5, 0.6) is 0 Å². The second-order valence-electron chi connectivity index (χ2n) is 5.90. The van der Waals surface area contributed by atoms with Crippen molar-refractivity contribution in [3.05, 3.63) is 59.6 Å². The number of para-hydroxylation sites is 1. The monoisotopic (exact) mass is 382 g/mol. The lowest BCUT2D eigenvalue weighted by molar-refractivity contribution is -0.129. The van der Waals surface area contributed by atoms with Crippen molar-refractivity contribution in [2.24, 2.45) is 0 Å². The maximum Gasteiger partial charge on any atom is 0.255 e. The second kappa shape index (κ2) is 8.64. The first-order valence-corrected chi connectivity index (χ1v) is 9.77. The van der Waals surface area contributed by atoms with Crippen LogP contribution >= 0.6 is 11.3 Å². The van der Waals surface area contributed by atoms with Gasteiger partial charge in [-0.05, 0) is 37.4 Å². The zero-order valence-corrected chi connectivity index (χ0v) is 16.2. The highest BCUT2D eigenvalue weighted by molar-refractivity contribution is 7.13. The van der Waals surface area contributed by atoms with E-state index in [4.69, 9.17) is 0 Å². The van der Waals surface area contributed by atoms with Crippen LogP contribution in [0.15, 0.2) is 54.0 Å². The number of nitrogens with zero attached hydrogens (tertiary/aromatic N) is 3. The number of carbonyl (C=O) groups excluding carboxylic acids is 2. The maximum atomic E-state index is 12.8. The number of carbonyl (C=O) groups is 2. The fourth-order valence-corrected chi connectivity index (χ4v) is 3.51. The predicted octanol–water partition coefficient (Wildman–Crippen LogP) is 3.20. The van der Waals surface area contributed by atoms with Gasteiger partial charge in [0.2, 0.25) is 5.91 Å². The summed E-state index contributed by atoms with van der Waals surface area (Å²) in [6, 6.07) is 13.5. The fourth-order valence-electron chi connectivity index (χ4n) is 2.79. The molecule has 0 saturated heterocycles. The summed E-state index contributed by atoms with van der Waals surface area (Å²) in [5.74, 6) is -0.400. The molecule has 0 aliphatic rings. The van der Waals surface area contributed by atoms with Crippen molar-refractivity contribution < 1.29 is 9.59 Å². The van der Waals surface area contributed by atoms with Gasteiger partial charge in [0, 0.05) is 19.3 Å². The topological polar surface area (TPSA) is 67.2 Å². The van der Waals surface area contributed by atoms with Crippen LogP contribution in [0.25, 0.3) is 16.3 Å². The quantitative estimate of drug-likeness (QED) is 0.682. The predicted molar refractivity (Wildman–Crippen MR) is 107 cm³/mol. The first kappa shape index (κ1) is 18.8. The number of hydrogen-bond donors (Lipinski definition) is 1. The smallest absolute Gasteiger partial charge is 0.255 e. The molecule has 6 nitrogen and oxygen atoms in total. The molecule has 0 radical (unpaired) electrons. The summed E-state index contributed by atoms with van der Waals surface area (Å²) in [6.07, 6.45) is 1.71. The molecule has 3 rings (SSSR count). The third-order valence-electron chi connectivity index (χ3n) is 4.25. The summed E-state index contributed by atoms with van der Waals surface area (Å²) in [7, 11) is 0. The second-order valence-corrected chi connectivity index (χ2v) is 6.85. The molecule has 3 aromatic rings. The van der Waals surface area contributed by atoms with Crippen LogP contribution in [-0.2, 0) is 4.79 Å². The number of hydrogen-bond acceptors (Lipinski definition) is 4. The van der Waals surface area contributed by atoms with Crippen molar-refractivity contribution in [1.82, 2.24) is 20.0 Å². The highest BCUT2D eigenvalue weighted by Crippen LogP contribution is 2.27. The van der Waals surface area contributed by atoms with E-state index in [0.29, 0.717) is 24.3 Å². The number of rotatable bonds is 7. The lowest BCUT2D eigenvalue weighted by atomic mass is 10.2. The molecule has 0 unspecified atom stereocenters. The van der Waals surface area contributed by atoms with Crippen LogP contribution in [0.4, 0.5) is 0 Å². The SMILES string of the molecule is CCN(CC)C(=O)CNC(=O)c1cn(-c2ccccc2)nc1-c1cccs1. The fraction of sp³-hybridized carbons (Fsp3) is 0.250. The highest BCUT2D eigenvalue weighted by Gasteiger charge is 2.20. The lowest BCUT2D eigenvalue weighted by Crippen LogP contribution is -2.40. The van der Waals surface area contributed by atoms with Gasteiger partial charge in [0.1, 0.15) is 5.69 Å². The average Bonchev–Trinajstić information content (AvgIpc) is 3.37. The molecule has 1 N–H and O–H groups in total. The van der Waals surface area contributed by atoms with E-state index >= 15 is 0 Å². The van der Waals surface area contributed by atoms with Crippen molar-refractivity contribution in [2.45, 2.75) is 13.8 Å². The molecule has 0 aliphatic heterocycles. The third-order valence-corrected chi connectivity index (χ3v) is 5.13. The summed E-state index contributed by atoms with van der Waals surface area (Å²) in [6.45, 7) is 5.06. The molecule has 2 aromatic heterocycles. The van der Waals surface area contributed by atoms with Gasteiger partial charge < -0.3 is 10.2 Å². The van der Waals surface area contributed by atoms with Crippen LogP contribution in [0, 0.1) is 0 Å². The van der Waals surface area contributed by atoms with Crippen LogP contribution in [0.3, 0.4) is 0 Å². The van der Waals surface area contributed by atoms with E-state index in [2.05, 4.69) is 10.4 Å². The standard InChI is InChI=1S/C20H22N4O2S/c1-3-23(4-2)18(25)13-21-20(26)16-14-24(15-9-6-5-7-10-15)22-19(16)17-11-8-12-27-17/h5-12,14H,3-4,13H2,1-2H3,(H,21,26). The van der Waals surface area contributed by atoms with Crippen molar-refractivity contribution in [2.75, 3.05) is 19.6 Å². The summed E-state index contributed by atoms with van der Waals surface area (Å²) in [5.41, 5.74) is 1.93. The van der Waals surface area contributed by atoms with Crippen molar-refractivity contribution in [3.8, 4) is 16.3 Å². The molecular weight excluding hydrogens is 360 g/mol. The van der Waals surface area contributed by atoms with Gasteiger partial charge in [0.05, 0.1) is 22.7 Å². The Kier molecular flexibility index (Phi) is 6.03. The van der Waals surface area contributed by atoms with E-state index in [1.54, 1.807) is 15.8 Å². The number of thiophene rings is 1. The van der Waals surface area contributed by atoms with E-state index in [9.17, 15) is 9.59 Å². The van der Waals surface area contributed by atoms with Gasteiger partial charge in [0.25, 0.3) is 5.91 Å². The third kappa shape index (κ3) is 4.25. The Morgan fingerprint density at radius 3 is 2.48 bits per heavy atom. The summed E-state index contributed by atoms with van der Waals surface area (Å²) in [4.78, 5) is 27.5. The van der Waals surface area contributed by atoms with E-state index in [-0.39, 0.29) is 18.4 Å². The molecule has 1 aromatic carbocycles. The zero-order chi connectivity index (χ0) is 19.2. The first-order valence-electron chi connectivity index (χ1n) is 8.89. The Morgan fingerprint density at radius 2 is 1.85 bits per heavy atom. The van der Waals surface area contributed by atoms with Gasteiger partial charge in [-0.3, -0.25) is 9.59 Å². The molecule has 2 amide bonds. The van der Waals surface area contributed by atoms with Gasteiger partial charge >= 0.3 is 0 Å². The lowest BCUT2D eigenvalue weighted by Gasteiger charge is -2.18. The zero-order valence-electron chi connectivity index (χ0n) is 15.4. The molecule has 0 atom stereocenters. The first-order chi connectivity index (χ1) is 13.1. The highest BCUT2D eigenvalue weighted by atomic mass is 32.1. The minimum Gasteiger partial charge on any atom is -0.343 e. The van der Waals surface area contributed by atoms with Crippen molar-refractivity contribution in [3.63, 3.8) is 0 Å². The molecule has 0 bridgehead atoms. The molecule has 0 spiro atoms. The average molecular weight is 382 g/mol. The van der Waals surface area contributed by atoms with Crippen LogP contribution in [-0.4, -0.2) is 46.1 Å². The van der Waals surface area contributed by atoms with Crippen molar-refractivity contribution in [1.29, 1.82) is 0 Å². The van der Waals surface area contributed by atoms with E-state index in [1.165, 1.54) is 11.3 Å². The normalized spacial score (nSPS) is 10.6. The van der Waals surface area contributed by atoms with E-state index < -0.39 is 0 Å². The minimum atomic E-state index is -0.305. The number of amides is 2. The molecule has 0 aliphatic carbocycles. The van der Waals surface area contributed by atoms with Gasteiger partial charge in [-0.1, -0.05) is 24.3 Å². The van der Waals surface area contributed by atoms with Gasteiger partial charge in [0.15, 0.2) is 0 Å². The number of aromatic nitrogens is 2. The molecule has 0 fully saturated rings. The van der Waals surface area contributed by atoms with Gasteiger partial charge in [-0.2, -0.15) is 5.10 Å². The molecule has 27 heavy (non-hydrogen) atoms. The Morgan fingerprint density at radius 1 is 1.11 bits per heavy atom. The number of benzene rings is 1.